The second-order valence-corrected chi connectivity index (χ2v) is 11.5. The molecular formula is C30H47O5P. The maximum Gasteiger partial charge on any atom is 0.311 e. The Labute approximate surface area is 219 Å². The predicted molar refractivity (Wildman–Crippen MR) is 157 cm³/mol. The number of benzene rings is 1. The van der Waals surface area contributed by atoms with Crippen LogP contribution < -0.4 is 5.43 Å². The van der Waals surface area contributed by atoms with Gasteiger partial charge in [-0.1, -0.05) is 59.4 Å². The molecule has 0 amide bonds. The van der Waals surface area contributed by atoms with Crippen molar-refractivity contribution in [3.05, 3.63) is 58.0 Å². The first-order valence-electron chi connectivity index (χ1n) is 12.4. The molecule has 0 aliphatic carbocycles. The molecule has 0 aliphatic rings. The molecule has 2 aromatic rings. The molecule has 0 bridgehead atoms. The number of rotatable bonds is 7. The molecule has 0 saturated carbocycles. The first-order chi connectivity index (χ1) is 16.7. The van der Waals surface area contributed by atoms with E-state index < -0.39 is 0 Å². The fraction of sp³-hybridized carbons (Fsp3) is 0.533. The molecule has 36 heavy (non-hydrogen) atoms. The number of esters is 1. The molecule has 2 rings (SSSR count). The van der Waals surface area contributed by atoms with Gasteiger partial charge in [-0.05, 0) is 75.1 Å². The highest BCUT2D eigenvalue weighted by atomic mass is 31.1. The Morgan fingerprint density at radius 1 is 1.25 bits per heavy atom. The third kappa shape index (κ3) is 10.4. The van der Waals surface area contributed by atoms with Crippen LogP contribution in [0, 0.1) is 10.8 Å². The maximum absolute atomic E-state index is 12.4. The number of hydrogen-bond acceptors (Lipinski definition) is 5. The van der Waals surface area contributed by atoms with E-state index in [2.05, 4.69) is 47.9 Å². The molecule has 1 aromatic heterocycles. The van der Waals surface area contributed by atoms with Crippen LogP contribution in [0.2, 0.25) is 0 Å². The number of aliphatic hydroxyl groups excluding tert-OH is 1. The van der Waals surface area contributed by atoms with Crippen LogP contribution in [0.15, 0.2) is 40.1 Å². The summed E-state index contributed by atoms with van der Waals surface area (Å²) < 4.78 is 10.7. The summed E-state index contributed by atoms with van der Waals surface area (Å²) in [6.07, 6.45) is 7.00. The van der Waals surface area contributed by atoms with Crippen LogP contribution in [-0.2, 0) is 9.53 Å². The number of carbonyl (C=O) groups is 1. The van der Waals surface area contributed by atoms with Gasteiger partial charge in [-0.15, -0.1) is 8.58 Å². The molecule has 0 aliphatic heterocycles. The summed E-state index contributed by atoms with van der Waals surface area (Å²) >= 11 is 0. The highest BCUT2D eigenvalue weighted by molar-refractivity contribution is 7.37. The second-order valence-electron chi connectivity index (χ2n) is 10.5. The van der Waals surface area contributed by atoms with E-state index in [0.717, 1.165) is 26.7 Å². The average molecular weight is 519 g/mol. The largest absolute Gasteiger partial charge is 0.469 e. The van der Waals surface area contributed by atoms with Gasteiger partial charge < -0.3 is 14.3 Å². The normalized spacial score (nSPS) is 13.2. The van der Waals surface area contributed by atoms with Gasteiger partial charge in [0, 0.05) is 6.61 Å². The molecule has 1 heterocycles. The summed E-state index contributed by atoms with van der Waals surface area (Å²) in [5.74, 6) is 0.900. The second kappa shape index (κ2) is 15.8. The lowest BCUT2D eigenvalue weighted by atomic mass is 9.76. The Hall–Kier alpha value is -2.23. The minimum atomic E-state index is -0.305. The van der Waals surface area contributed by atoms with E-state index in [1.165, 1.54) is 7.11 Å². The van der Waals surface area contributed by atoms with E-state index in [1.807, 2.05) is 38.1 Å². The lowest BCUT2D eigenvalue weighted by Crippen LogP contribution is -2.35. The number of fused-ring (bicyclic) bond motifs is 1. The van der Waals surface area contributed by atoms with Crippen LogP contribution in [0.4, 0.5) is 0 Å². The number of carbonyl (C=O) groups excluding carboxylic acids is 1. The average Bonchev–Trinajstić information content (AvgIpc) is 2.78. The SMILES string of the molecule is C=Cc1c(/C=C\C)oc2cc(C(C)C)ccc2c1=O.CCO.COC(=O)C(C)(CPC)CC(C)(C)C. The minimum Gasteiger partial charge on any atom is -0.469 e. The lowest BCUT2D eigenvalue weighted by Gasteiger charge is -2.32. The Morgan fingerprint density at radius 3 is 2.25 bits per heavy atom. The Bertz CT molecular complexity index is 1060. The molecular weight excluding hydrogens is 471 g/mol. The van der Waals surface area contributed by atoms with Crippen LogP contribution >= 0.6 is 8.58 Å². The Kier molecular flexibility index (Phi) is 14.8. The number of hydrogen-bond donors (Lipinski definition) is 1. The highest BCUT2D eigenvalue weighted by Crippen LogP contribution is 2.37. The van der Waals surface area contributed by atoms with Crippen LogP contribution in [0.1, 0.15) is 84.6 Å². The van der Waals surface area contributed by atoms with Crippen molar-refractivity contribution in [2.24, 2.45) is 10.8 Å². The molecule has 5 nitrogen and oxygen atoms in total. The van der Waals surface area contributed by atoms with Gasteiger partial charge in [0.1, 0.15) is 11.3 Å². The van der Waals surface area contributed by atoms with Gasteiger partial charge in [0.05, 0.1) is 23.5 Å². The predicted octanol–water partition coefficient (Wildman–Crippen LogP) is 7.50. The van der Waals surface area contributed by atoms with Crippen molar-refractivity contribution >= 4 is 37.7 Å². The van der Waals surface area contributed by atoms with Gasteiger partial charge in [-0.2, -0.15) is 0 Å². The molecule has 0 radical (unpaired) electrons. The Morgan fingerprint density at radius 2 is 1.83 bits per heavy atom. The third-order valence-electron chi connectivity index (χ3n) is 5.33. The fourth-order valence-electron chi connectivity index (χ4n) is 4.08. The van der Waals surface area contributed by atoms with Crippen LogP contribution in [0.5, 0.6) is 0 Å². The molecule has 1 N–H and O–H groups in total. The van der Waals surface area contributed by atoms with Crippen molar-refractivity contribution in [3.63, 3.8) is 0 Å². The van der Waals surface area contributed by atoms with Crippen LogP contribution in [-0.4, -0.2) is 37.6 Å². The lowest BCUT2D eigenvalue weighted by molar-refractivity contribution is -0.152. The summed E-state index contributed by atoms with van der Waals surface area (Å²) in [6, 6.07) is 5.76. The van der Waals surface area contributed by atoms with Crippen molar-refractivity contribution < 1.29 is 19.1 Å². The van der Waals surface area contributed by atoms with E-state index in [0.29, 0.717) is 28.2 Å². The molecule has 0 saturated heterocycles. The molecule has 1 aromatic carbocycles. The molecule has 0 spiro atoms. The minimum absolute atomic E-state index is 0.0281. The molecule has 0 fully saturated rings. The summed E-state index contributed by atoms with van der Waals surface area (Å²) in [5.41, 5.74) is 2.15. The van der Waals surface area contributed by atoms with Gasteiger partial charge in [-0.25, -0.2) is 0 Å². The van der Waals surface area contributed by atoms with Gasteiger partial charge in [0.2, 0.25) is 5.43 Å². The van der Waals surface area contributed by atoms with Crippen LogP contribution in [0.25, 0.3) is 23.1 Å². The van der Waals surface area contributed by atoms with E-state index in [-0.39, 0.29) is 28.8 Å². The smallest absolute Gasteiger partial charge is 0.311 e. The number of ether oxygens (including phenoxy) is 1. The quantitative estimate of drug-likeness (QED) is 0.303. The highest BCUT2D eigenvalue weighted by Gasteiger charge is 2.37. The van der Waals surface area contributed by atoms with E-state index in [4.69, 9.17) is 14.3 Å². The van der Waals surface area contributed by atoms with Crippen molar-refractivity contribution in [1.82, 2.24) is 0 Å². The summed E-state index contributed by atoms with van der Waals surface area (Å²) in [5, 5.41) is 8.17. The van der Waals surface area contributed by atoms with Gasteiger partial charge in [-0.3, -0.25) is 9.59 Å². The van der Waals surface area contributed by atoms with Crippen molar-refractivity contribution in [1.29, 1.82) is 0 Å². The van der Waals surface area contributed by atoms with Crippen LogP contribution in [0.3, 0.4) is 0 Å². The summed E-state index contributed by atoms with van der Waals surface area (Å²) in [6.45, 7) is 22.4. The van der Waals surface area contributed by atoms with Crippen molar-refractivity contribution in [2.45, 2.75) is 67.7 Å². The summed E-state index contributed by atoms with van der Waals surface area (Å²) in [4.78, 5) is 24.1. The topological polar surface area (TPSA) is 76.7 Å². The molecule has 2 unspecified atom stereocenters. The van der Waals surface area contributed by atoms with Gasteiger partial charge in [0.25, 0.3) is 0 Å². The zero-order chi connectivity index (χ0) is 28.1. The zero-order valence-electron chi connectivity index (χ0n) is 24.0. The summed E-state index contributed by atoms with van der Waals surface area (Å²) in [7, 11) is 2.26. The molecule has 6 heteroatoms. The van der Waals surface area contributed by atoms with Crippen molar-refractivity contribution in [3.8, 4) is 0 Å². The van der Waals surface area contributed by atoms with Gasteiger partial charge >= 0.3 is 5.97 Å². The van der Waals surface area contributed by atoms with Crippen molar-refractivity contribution in [2.75, 3.05) is 26.5 Å². The standard InChI is InChI=1S/C17H18O2.C11H23O2P.C2H6O/c1-5-7-15-13(6-2)17(18)14-9-8-12(11(3)4)10-16(14)19-15;1-10(2,3)7-11(4,8-14-6)9(12)13-5;1-2-3/h5-11H,2H2,1,3-4H3;14H,7-8H2,1-6H3;3H,2H2,1H3/b7-5-;;. The monoisotopic (exact) mass is 518 g/mol. The molecule has 2 atom stereocenters. The Balaban J connectivity index is 0.000000640. The van der Waals surface area contributed by atoms with E-state index in [1.54, 1.807) is 19.1 Å². The number of allylic oxidation sites excluding steroid dienone is 1. The number of methoxy groups -OCH3 is 1. The number of aliphatic hydroxyl groups is 1. The van der Waals surface area contributed by atoms with E-state index in [9.17, 15) is 9.59 Å². The first kappa shape index (κ1) is 33.8. The first-order valence-corrected chi connectivity index (χ1v) is 14.2. The van der Waals surface area contributed by atoms with E-state index >= 15 is 0 Å². The maximum atomic E-state index is 12.4. The fourth-order valence-corrected chi connectivity index (χ4v) is 5.13. The molecule has 202 valence electrons. The van der Waals surface area contributed by atoms with Gasteiger partial charge in [0.15, 0.2) is 0 Å². The zero-order valence-corrected chi connectivity index (χ0v) is 25.0. The third-order valence-corrected chi connectivity index (χ3v) is 6.47.